The number of nitrogens with zero attached hydrogens (tertiary/aromatic N) is 2. The van der Waals surface area contributed by atoms with Crippen LogP contribution in [0.3, 0.4) is 0 Å². The molecule has 0 amide bonds. The van der Waals surface area contributed by atoms with Crippen LogP contribution in [0.1, 0.15) is 51.8 Å². The molecular weight excluding hydrogens is 278 g/mol. The summed E-state index contributed by atoms with van der Waals surface area (Å²) in [5.41, 5.74) is 0.358. The molecule has 0 aromatic carbocycles. The molecule has 1 heterocycles. The Morgan fingerprint density at radius 3 is 2.65 bits per heavy atom. The maximum absolute atomic E-state index is 4.56. The van der Waals surface area contributed by atoms with Crippen LogP contribution in [0.5, 0.6) is 0 Å². The molecule has 1 fully saturated rings. The average Bonchev–Trinajstić information content (AvgIpc) is 2.97. The van der Waals surface area contributed by atoms with E-state index in [1.807, 2.05) is 6.07 Å². The van der Waals surface area contributed by atoms with Crippen LogP contribution in [0.4, 0.5) is 5.82 Å². The van der Waals surface area contributed by atoms with E-state index in [2.05, 4.69) is 52.0 Å². The lowest BCUT2D eigenvalue weighted by molar-refractivity contribution is 0.389. The van der Waals surface area contributed by atoms with Crippen LogP contribution in [0.15, 0.2) is 10.7 Å². The van der Waals surface area contributed by atoms with Gasteiger partial charge in [-0.3, -0.25) is 0 Å². The smallest absolute Gasteiger partial charge is 0.135 e. The van der Waals surface area contributed by atoms with E-state index in [1.54, 1.807) is 0 Å². The third-order valence-electron chi connectivity index (χ3n) is 2.84. The molecule has 2 rings (SSSR count). The van der Waals surface area contributed by atoms with Gasteiger partial charge in [-0.25, -0.2) is 9.97 Å². The predicted molar refractivity (Wildman–Crippen MR) is 74.3 cm³/mol. The lowest BCUT2D eigenvalue weighted by Gasteiger charge is -2.18. The predicted octanol–water partition coefficient (Wildman–Crippen LogP) is 3.96. The van der Waals surface area contributed by atoms with E-state index >= 15 is 0 Å². The summed E-state index contributed by atoms with van der Waals surface area (Å²) in [5, 5.41) is 3.38. The molecule has 1 aromatic rings. The van der Waals surface area contributed by atoms with Crippen molar-refractivity contribution in [2.45, 2.75) is 46.0 Å². The molecule has 0 unspecified atom stereocenters. The minimum absolute atomic E-state index is 0.358. The molecule has 17 heavy (non-hydrogen) atoms. The molecule has 0 atom stereocenters. The Balaban J connectivity index is 1.95. The number of halogens is 1. The van der Waals surface area contributed by atoms with Crippen molar-refractivity contribution in [3.05, 3.63) is 16.5 Å². The van der Waals surface area contributed by atoms with Gasteiger partial charge < -0.3 is 5.32 Å². The molecule has 4 heteroatoms. The van der Waals surface area contributed by atoms with E-state index in [9.17, 15) is 0 Å². The maximum atomic E-state index is 4.56. The summed E-state index contributed by atoms with van der Waals surface area (Å²) < 4.78 is 0.882. The molecule has 1 N–H and O–H groups in total. The first-order valence-corrected chi connectivity index (χ1v) is 7.02. The Morgan fingerprint density at radius 1 is 1.35 bits per heavy atom. The summed E-state index contributed by atoms with van der Waals surface area (Å²) in [4.78, 5) is 8.98. The summed E-state index contributed by atoms with van der Waals surface area (Å²) >= 11 is 3.45. The molecule has 3 nitrogen and oxygen atoms in total. The fraction of sp³-hybridized carbons (Fsp3) is 0.692. The molecule has 0 radical (unpaired) electrons. The Kier molecular flexibility index (Phi) is 3.71. The molecule has 0 saturated heterocycles. The molecule has 94 valence electrons. The molecule has 0 aliphatic heterocycles. The van der Waals surface area contributed by atoms with E-state index in [-0.39, 0.29) is 0 Å². The second-order valence-corrected chi connectivity index (χ2v) is 6.76. The van der Waals surface area contributed by atoms with E-state index < -0.39 is 0 Å². The Morgan fingerprint density at radius 2 is 2.06 bits per heavy atom. The minimum atomic E-state index is 0.358. The van der Waals surface area contributed by atoms with Crippen LogP contribution < -0.4 is 5.32 Å². The second kappa shape index (κ2) is 4.92. The summed E-state index contributed by atoms with van der Waals surface area (Å²) in [5.74, 6) is 2.52. The van der Waals surface area contributed by atoms with Gasteiger partial charge in [-0.05, 0) is 40.6 Å². The zero-order chi connectivity index (χ0) is 12.5. The molecular formula is C13H20BrN3. The van der Waals surface area contributed by atoms with E-state index in [0.717, 1.165) is 29.2 Å². The lowest BCUT2D eigenvalue weighted by atomic mass is 9.92. The van der Waals surface area contributed by atoms with Gasteiger partial charge in [-0.2, -0.15) is 0 Å². The monoisotopic (exact) mass is 297 g/mol. The number of hydrogen-bond donors (Lipinski definition) is 1. The standard InChI is InChI=1S/C13H20BrN3/c1-13(2,3)6-7-15-11-8-10(14)16-12(17-11)9-4-5-9/h8-9H,4-7H2,1-3H3,(H,15,16,17). The van der Waals surface area contributed by atoms with Crippen LogP contribution >= 0.6 is 15.9 Å². The van der Waals surface area contributed by atoms with Crippen LogP contribution in [-0.4, -0.2) is 16.5 Å². The first kappa shape index (κ1) is 12.8. The van der Waals surface area contributed by atoms with Crippen molar-refractivity contribution in [3.8, 4) is 0 Å². The highest BCUT2D eigenvalue weighted by Crippen LogP contribution is 2.38. The lowest BCUT2D eigenvalue weighted by Crippen LogP contribution is -2.14. The number of rotatable bonds is 4. The Bertz CT molecular complexity index is 394. The van der Waals surface area contributed by atoms with Gasteiger partial charge in [0.25, 0.3) is 0 Å². The Hall–Kier alpha value is -0.640. The van der Waals surface area contributed by atoms with Crippen molar-refractivity contribution in [1.29, 1.82) is 0 Å². The van der Waals surface area contributed by atoms with Gasteiger partial charge in [0.2, 0.25) is 0 Å². The highest BCUT2D eigenvalue weighted by Gasteiger charge is 2.27. The van der Waals surface area contributed by atoms with Crippen molar-refractivity contribution in [2.24, 2.45) is 5.41 Å². The highest BCUT2D eigenvalue weighted by molar-refractivity contribution is 9.10. The fourth-order valence-electron chi connectivity index (χ4n) is 1.62. The number of hydrogen-bond acceptors (Lipinski definition) is 3. The fourth-order valence-corrected chi connectivity index (χ4v) is 2.01. The maximum Gasteiger partial charge on any atom is 0.135 e. The number of aromatic nitrogens is 2. The van der Waals surface area contributed by atoms with E-state index in [4.69, 9.17) is 0 Å². The first-order chi connectivity index (χ1) is 7.94. The summed E-state index contributed by atoms with van der Waals surface area (Å²) in [7, 11) is 0. The molecule has 1 saturated carbocycles. The van der Waals surface area contributed by atoms with Gasteiger partial charge in [0.05, 0.1) is 0 Å². The van der Waals surface area contributed by atoms with Crippen LogP contribution in [-0.2, 0) is 0 Å². The zero-order valence-corrected chi connectivity index (χ0v) is 12.3. The quantitative estimate of drug-likeness (QED) is 0.855. The van der Waals surface area contributed by atoms with Gasteiger partial charge in [0, 0.05) is 18.5 Å². The van der Waals surface area contributed by atoms with Crippen molar-refractivity contribution in [3.63, 3.8) is 0 Å². The van der Waals surface area contributed by atoms with Crippen molar-refractivity contribution in [2.75, 3.05) is 11.9 Å². The summed E-state index contributed by atoms with van der Waals surface area (Å²) in [6.45, 7) is 7.71. The van der Waals surface area contributed by atoms with Crippen LogP contribution in [0, 0.1) is 5.41 Å². The van der Waals surface area contributed by atoms with Gasteiger partial charge in [0.1, 0.15) is 16.2 Å². The molecule has 0 bridgehead atoms. The SMILES string of the molecule is CC(C)(C)CCNc1cc(Br)nc(C2CC2)n1. The van der Waals surface area contributed by atoms with Crippen LogP contribution in [0.25, 0.3) is 0 Å². The van der Waals surface area contributed by atoms with E-state index in [1.165, 1.54) is 12.8 Å². The van der Waals surface area contributed by atoms with Gasteiger partial charge in [-0.15, -0.1) is 0 Å². The van der Waals surface area contributed by atoms with Crippen molar-refractivity contribution < 1.29 is 0 Å². The minimum Gasteiger partial charge on any atom is -0.370 e. The molecule has 1 aliphatic carbocycles. The molecule has 0 spiro atoms. The average molecular weight is 298 g/mol. The zero-order valence-electron chi connectivity index (χ0n) is 10.8. The second-order valence-electron chi connectivity index (χ2n) is 5.95. The first-order valence-electron chi connectivity index (χ1n) is 6.22. The van der Waals surface area contributed by atoms with Crippen molar-refractivity contribution in [1.82, 2.24) is 9.97 Å². The van der Waals surface area contributed by atoms with Gasteiger partial charge >= 0.3 is 0 Å². The number of anilines is 1. The Labute approximate surface area is 112 Å². The van der Waals surface area contributed by atoms with Gasteiger partial charge in [-0.1, -0.05) is 20.8 Å². The normalized spacial score (nSPS) is 16.0. The third kappa shape index (κ3) is 4.26. The van der Waals surface area contributed by atoms with Crippen LogP contribution in [0.2, 0.25) is 0 Å². The third-order valence-corrected chi connectivity index (χ3v) is 3.24. The largest absolute Gasteiger partial charge is 0.370 e. The summed E-state index contributed by atoms with van der Waals surface area (Å²) in [6.07, 6.45) is 3.60. The number of nitrogens with one attached hydrogen (secondary N) is 1. The van der Waals surface area contributed by atoms with Gasteiger partial charge in [0.15, 0.2) is 0 Å². The molecule has 1 aromatic heterocycles. The topological polar surface area (TPSA) is 37.8 Å². The molecule has 1 aliphatic rings. The van der Waals surface area contributed by atoms with Crippen molar-refractivity contribution >= 4 is 21.7 Å². The summed E-state index contributed by atoms with van der Waals surface area (Å²) in [6, 6.07) is 1.95. The highest BCUT2D eigenvalue weighted by atomic mass is 79.9. The van der Waals surface area contributed by atoms with E-state index in [0.29, 0.717) is 11.3 Å².